The summed E-state index contributed by atoms with van der Waals surface area (Å²) in [6.45, 7) is 0. The van der Waals surface area contributed by atoms with Crippen molar-refractivity contribution in [3.8, 4) is 0 Å². The van der Waals surface area contributed by atoms with Gasteiger partial charge in [-0.15, -0.1) is 0 Å². The van der Waals surface area contributed by atoms with Gasteiger partial charge in [0.2, 0.25) is 0 Å². The molecule has 68 valence electrons. The van der Waals surface area contributed by atoms with Crippen LogP contribution in [-0.2, 0) is 9.47 Å². The predicted octanol–water partition coefficient (Wildman–Crippen LogP) is 1.51. The molecule has 0 saturated heterocycles. The molecule has 2 atom stereocenters. The van der Waals surface area contributed by atoms with E-state index in [2.05, 4.69) is 9.47 Å². The van der Waals surface area contributed by atoms with E-state index in [-0.39, 0.29) is 0 Å². The molecule has 0 heterocycles. The van der Waals surface area contributed by atoms with Gasteiger partial charge in [-0.3, -0.25) is 0 Å². The molecule has 11 heavy (non-hydrogen) atoms. The third-order valence-electron chi connectivity index (χ3n) is 1.02. The summed E-state index contributed by atoms with van der Waals surface area (Å²) in [4.78, 5) is 0. The molecule has 0 spiro atoms. The lowest BCUT2D eigenvalue weighted by Gasteiger charge is -2.21. The van der Waals surface area contributed by atoms with E-state index in [1.807, 2.05) is 0 Å². The van der Waals surface area contributed by atoms with Crippen molar-refractivity contribution in [1.82, 2.24) is 0 Å². The van der Waals surface area contributed by atoms with E-state index < -0.39 is 18.6 Å². The van der Waals surface area contributed by atoms with Gasteiger partial charge in [0.05, 0.1) is 0 Å². The molecule has 0 aliphatic heterocycles. The highest BCUT2D eigenvalue weighted by Gasteiger charge is 2.49. The Morgan fingerprint density at radius 1 is 1.00 bits per heavy atom. The van der Waals surface area contributed by atoms with Gasteiger partial charge in [-0.2, -0.15) is 8.78 Å². The van der Waals surface area contributed by atoms with Crippen LogP contribution in [0.2, 0.25) is 0 Å². The molecule has 2 nitrogen and oxygen atoms in total. The highest BCUT2D eigenvalue weighted by atomic mass is 19.3. The van der Waals surface area contributed by atoms with Gasteiger partial charge in [-0.05, 0) is 0 Å². The van der Waals surface area contributed by atoms with Crippen LogP contribution in [0.4, 0.5) is 17.6 Å². The Labute approximate surface area is 61.1 Å². The average molecular weight is 176 g/mol. The molecule has 0 fully saturated rings. The van der Waals surface area contributed by atoms with Crippen molar-refractivity contribution < 1.29 is 27.0 Å². The van der Waals surface area contributed by atoms with Crippen molar-refractivity contribution >= 4 is 0 Å². The Bertz CT molecular complexity index is 107. The maximum absolute atomic E-state index is 12.2. The number of hydrogen-bond donors (Lipinski definition) is 0. The Morgan fingerprint density at radius 3 is 1.45 bits per heavy atom. The molecule has 0 aliphatic rings. The summed E-state index contributed by atoms with van der Waals surface area (Å²) in [5.41, 5.74) is 0. The van der Waals surface area contributed by atoms with Gasteiger partial charge < -0.3 is 9.47 Å². The van der Waals surface area contributed by atoms with E-state index in [9.17, 15) is 17.6 Å². The largest absolute Gasteiger partial charge is 0.357 e. The first-order chi connectivity index (χ1) is 4.96. The maximum atomic E-state index is 12.2. The zero-order valence-electron chi connectivity index (χ0n) is 5.98. The Kier molecular flexibility index (Phi) is 3.74. The second kappa shape index (κ2) is 3.87. The molecule has 0 aliphatic carbocycles. The van der Waals surface area contributed by atoms with Crippen LogP contribution in [-0.4, -0.2) is 32.9 Å². The second-order valence-corrected chi connectivity index (χ2v) is 1.78. The summed E-state index contributed by atoms with van der Waals surface area (Å²) in [6.07, 6.45) is -5.98. The zero-order valence-corrected chi connectivity index (χ0v) is 5.98. The van der Waals surface area contributed by atoms with Crippen molar-refractivity contribution in [2.75, 3.05) is 14.2 Å². The smallest absolute Gasteiger partial charge is 0.347 e. The monoisotopic (exact) mass is 176 g/mol. The van der Waals surface area contributed by atoms with Crippen molar-refractivity contribution in [3.63, 3.8) is 0 Å². The highest BCUT2D eigenvalue weighted by molar-refractivity contribution is 4.72. The molecule has 0 bridgehead atoms. The van der Waals surface area contributed by atoms with E-state index in [1.54, 1.807) is 0 Å². The van der Waals surface area contributed by atoms with Gasteiger partial charge in [0, 0.05) is 14.2 Å². The predicted molar refractivity (Wildman–Crippen MR) is 28.8 cm³/mol. The Hall–Kier alpha value is -0.360. The van der Waals surface area contributed by atoms with E-state index in [4.69, 9.17) is 0 Å². The number of halogens is 4. The van der Waals surface area contributed by atoms with E-state index >= 15 is 0 Å². The fraction of sp³-hybridized carbons (Fsp3) is 1.00. The molecule has 0 aromatic carbocycles. The van der Waals surface area contributed by atoms with Crippen LogP contribution in [0.1, 0.15) is 0 Å². The summed E-state index contributed by atoms with van der Waals surface area (Å²) >= 11 is 0. The Balaban J connectivity index is 4.18. The van der Waals surface area contributed by atoms with Crippen molar-refractivity contribution in [1.29, 1.82) is 0 Å². The topological polar surface area (TPSA) is 18.5 Å². The molecule has 2 unspecified atom stereocenters. The molecule has 6 heteroatoms. The molecule has 0 amide bonds. The number of methoxy groups -OCH3 is 2. The fourth-order valence-electron chi connectivity index (χ4n) is 0.417. The Morgan fingerprint density at radius 2 is 1.27 bits per heavy atom. The molecular weight excluding hydrogens is 168 g/mol. The number of rotatable bonds is 4. The van der Waals surface area contributed by atoms with Crippen molar-refractivity contribution in [3.05, 3.63) is 0 Å². The van der Waals surface area contributed by atoms with Crippen LogP contribution >= 0.6 is 0 Å². The SMILES string of the molecule is COC(F)C(F)(F)C(F)OC. The standard InChI is InChI=1S/C5H8F4O2/c1-10-3(6)5(8,9)4(7)11-2/h3-4H,1-2H3. The lowest BCUT2D eigenvalue weighted by Crippen LogP contribution is -2.41. The first kappa shape index (κ1) is 10.6. The molecule has 0 aromatic rings. The first-order valence-corrected chi connectivity index (χ1v) is 2.68. The van der Waals surface area contributed by atoms with Gasteiger partial charge in [-0.1, -0.05) is 0 Å². The minimum atomic E-state index is -4.26. The third-order valence-corrected chi connectivity index (χ3v) is 1.02. The summed E-state index contributed by atoms with van der Waals surface area (Å²) in [5, 5.41) is 0. The van der Waals surface area contributed by atoms with Crippen LogP contribution in [0, 0.1) is 0 Å². The fourth-order valence-corrected chi connectivity index (χ4v) is 0.417. The number of ether oxygens (including phenoxy) is 2. The molecule has 0 saturated carbocycles. The summed E-state index contributed by atoms with van der Waals surface area (Å²) < 4.78 is 55.7. The van der Waals surface area contributed by atoms with Crippen LogP contribution in [0.5, 0.6) is 0 Å². The first-order valence-electron chi connectivity index (χ1n) is 2.68. The second-order valence-electron chi connectivity index (χ2n) is 1.78. The number of alkyl halides is 4. The van der Waals surface area contributed by atoms with Gasteiger partial charge in [0.25, 0.3) is 12.7 Å². The van der Waals surface area contributed by atoms with Gasteiger partial charge >= 0.3 is 5.92 Å². The molecular formula is C5H8F4O2. The van der Waals surface area contributed by atoms with E-state index in [0.717, 1.165) is 0 Å². The zero-order chi connectivity index (χ0) is 9.07. The quantitative estimate of drug-likeness (QED) is 0.604. The van der Waals surface area contributed by atoms with Crippen LogP contribution in [0.25, 0.3) is 0 Å². The van der Waals surface area contributed by atoms with Gasteiger partial charge in [-0.25, -0.2) is 8.78 Å². The normalized spacial score (nSPS) is 18.0. The highest BCUT2D eigenvalue weighted by Crippen LogP contribution is 2.28. The minimum absolute atomic E-state index is 0.709. The molecule has 0 radical (unpaired) electrons. The molecule has 0 N–H and O–H groups in total. The molecule has 0 rings (SSSR count). The summed E-state index contributed by atoms with van der Waals surface area (Å²) in [6, 6.07) is 0. The van der Waals surface area contributed by atoms with Gasteiger partial charge in [0.15, 0.2) is 0 Å². The molecule has 0 aromatic heterocycles. The minimum Gasteiger partial charge on any atom is -0.347 e. The van der Waals surface area contributed by atoms with Gasteiger partial charge in [0.1, 0.15) is 0 Å². The maximum Gasteiger partial charge on any atom is 0.357 e. The van der Waals surface area contributed by atoms with Crippen molar-refractivity contribution in [2.45, 2.75) is 18.6 Å². The lowest BCUT2D eigenvalue weighted by atomic mass is 10.3. The third kappa shape index (κ3) is 2.30. The van der Waals surface area contributed by atoms with Crippen molar-refractivity contribution in [2.24, 2.45) is 0 Å². The van der Waals surface area contributed by atoms with Crippen LogP contribution in [0.3, 0.4) is 0 Å². The van der Waals surface area contributed by atoms with E-state index in [1.165, 1.54) is 0 Å². The average Bonchev–Trinajstić information content (AvgIpc) is 2.01. The van der Waals surface area contributed by atoms with Crippen LogP contribution in [0.15, 0.2) is 0 Å². The summed E-state index contributed by atoms with van der Waals surface area (Å²) in [5.74, 6) is -4.26. The summed E-state index contributed by atoms with van der Waals surface area (Å²) in [7, 11) is 1.42. The van der Waals surface area contributed by atoms with E-state index in [0.29, 0.717) is 14.2 Å². The lowest BCUT2D eigenvalue weighted by molar-refractivity contribution is -0.267. The van der Waals surface area contributed by atoms with Crippen LogP contribution < -0.4 is 0 Å². The number of hydrogen-bond acceptors (Lipinski definition) is 2.